The van der Waals surface area contributed by atoms with Gasteiger partial charge in [0, 0.05) is 24.8 Å². The number of aromatic carboxylic acids is 1. The van der Waals surface area contributed by atoms with E-state index in [1.165, 1.54) is 34.9 Å². The molecule has 0 radical (unpaired) electrons. The van der Waals surface area contributed by atoms with Gasteiger partial charge in [0.2, 0.25) is 10.0 Å². The third-order valence-electron chi connectivity index (χ3n) is 3.65. The van der Waals surface area contributed by atoms with Gasteiger partial charge < -0.3 is 5.11 Å². The molecule has 0 unspecified atom stereocenters. The first-order valence-corrected chi connectivity index (χ1v) is 9.41. The SMILES string of the molecule is CCN(CC)S(=O)(=O)c1ccc(N/N=C/c2ccccc2C(=O)O)nc1. The molecule has 9 heteroatoms. The Kier molecular flexibility index (Phi) is 6.42. The first kappa shape index (κ1) is 19.5. The Morgan fingerprint density at radius 1 is 1.23 bits per heavy atom. The highest BCUT2D eigenvalue weighted by molar-refractivity contribution is 7.89. The summed E-state index contributed by atoms with van der Waals surface area (Å²) in [4.78, 5) is 15.3. The fraction of sp³-hybridized carbons (Fsp3) is 0.235. The number of carboxylic acids is 1. The van der Waals surface area contributed by atoms with Gasteiger partial charge in [-0.05, 0) is 18.2 Å². The van der Waals surface area contributed by atoms with E-state index in [2.05, 4.69) is 15.5 Å². The molecule has 1 heterocycles. The zero-order valence-electron chi connectivity index (χ0n) is 14.5. The molecule has 1 aromatic heterocycles. The first-order valence-electron chi connectivity index (χ1n) is 7.97. The Labute approximate surface area is 152 Å². The highest BCUT2D eigenvalue weighted by atomic mass is 32.2. The predicted octanol–water partition coefficient (Wildman–Crippen LogP) is 2.26. The van der Waals surface area contributed by atoms with Crippen LogP contribution in [0.3, 0.4) is 0 Å². The van der Waals surface area contributed by atoms with Gasteiger partial charge >= 0.3 is 5.97 Å². The van der Waals surface area contributed by atoms with Crippen molar-refractivity contribution < 1.29 is 18.3 Å². The lowest BCUT2D eigenvalue weighted by Gasteiger charge is -2.18. The molecule has 138 valence electrons. The van der Waals surface area contributed by atoms with E-state index in [0.717, 1.165) is 0 Å². The monoisotopic (exact) mass is 376 g/mol. The van der Waals surface area contributed by atoms with Crippen LogP contribution in [0.25, 0.3) is 0 Å². The summed E-state index contributed by atoms with van der Waals surface area (Å²) in [6, 6.07) is 9.39. The molecule has 0 aliphatic carbocycles. The lowest BCUT2D eigenvalue weighted by Crippen LogP contribution is -2.30. The van der Waals surface area contributed by atoms with E-state index >= 15 is 0 Å². The standard InChI is InChI=1S/C17H20N4O4S/c1-3-21(4-2)26(24,25)14-9-10-16(18-12-14)20-19-11-13-7-5-6-8-15(13)17(22)23/h5-12H,3-4H2,1-2H3,(H,18,20)(H,22,23)/b19-11+. The lowest BCUT2D eigenvalue weighted by atomic mass is 10.1. The molecule has 2 N–H and O–H groups in total. The van der Waals surface area contributed by atoms with Gasteiger partial charge in [-0.2, -0.15) is 9.41 Å². The van der Waals surface area contributed by atoms with E-state index in [9.17, 15) is 13.2 Å². The minimum atomic E-state index is -3.56. The van der Waals surface area contributed by atoms with Crippen molar-refractivity contribution in [3.63, 3.8) is 0 Å². The van der Waals surface area contributed by atoms with E-state index in [-0.39, 0.29) is 10.5 Å². The van der Waals surface area contributed by atoms with Crippen molar-refractivity contribution in [1.29, 1.82) is 0 Å². The normalized spacial score (nSPS) is 11.8. The van der Waals surface area contributed by atoms with Gasteiger partial charge in [0.1, 0.15) is 10.7 Å². The topological polar surface area (TPSA) is 112 Å². The highest BCUT2D eigenvalue weighted by Crippen LogP contribution is 2.16. The number of aromatic nitrogens is 1. The van der Waals surface area contributed by atoms with Gasteiger partial charge in [-0.1, -0.05) is 32.0 Å². The van der Waals surface area contributed by atoms with Crippen LogP contribution in [-0.2, 0) is 10.0 Å². The molecular formula is C17H20N4O4S. The maximum absolute atomic E-state index is 12.4. The second-order valence-electron chi connectivity index (χ2n) is 5.23. The Hall–Kier alpha value is -2.78. The minimum Gasteiger partial charge on any atom is -0.478 e. The summed E-state index contributed by atoms with van der Waals surface area (Å²) in [7, 11) is -3.56. The predicted molar refractivity (Wildman–Crippen MR) is 99.0 cm³/mol. The molecule has 0 fully saturated rings. The molecule has 2 rings (SSSR count). The van der Waals surface area contributed by atoms with Crippen LogP contribution in [0.4, 0.5) is 5.82 Å². The van der Waals surface area contributed by atoms with Gasteiger partial charge in [0.05, 0.1) is 11.8 Å². The molecule has 0 aliphatic rings. The number of hydrazone groups is 1. The average molecular weight is 376 g/mol. The number of sulfonamides is 1. The Morgan fingerprint density at radius 2 is 1.92 bits per heavy atom. The number of carboxylic acid groups (broad SMARTS) is 1. The van der Waals surface area contributed by atoms with E-state index in [1.54, 1.807) is 32.0 Å². The molecule has 0 amide bonds. The summed E-state index contributed by atoms with van der Waals surface area (Å²) >= 11 is 0. The summed E-state index contributed by atoms with van der Waals surface area (Å²) in [5.41, 5.74) is 3.22. The molecule has 0 aliphatic heterocycles. The molecule has 0 saturated heterocycles. The van der Waals surface area contributed by atoms with Crippen LogP contribution in [0.1, 0.15) is 29.8 Å². The quantitative estimate of drug-likeness (QED) is 0.540. The van der Waals surface area contributed by atoms with Gasteiger partial charge in [-0.15, -0.1) is 0 Å². The Bertz CT molecular complexity index is 891. The van der Waals surface area contributed by atoms with Crippen LogP contribution in [0.5, 0.6) is 0 Å². The molecule has 0 bridgehead atoms. The number of hydrogen-bond donors (Lipinski definition) is 2. The maximum atomic E-state index is 12.4. The number of pyridine rings is 1. The van der Waals surface area contributed by atoms with Crippen molar-refractivity contribution in [2.75, 3.05) is 18.5 Å². The number of benzene rings is 1. The fourth-order valence-corrected chi connectivity index (χ4v) is 3.69. The molecule has 8 nitrogen and oxygen atoms in total. The molecule has 26 heavy (non-hydrogen) atoms. The van der Waals surface area contributed by atoms with Crippen molar-refractivity contribution in [1.82, 2.24) is 9.29 Å². The Balaban J connectivity index is 2.12. The first-order chi connectivity index (χ1) is 12.4. The summed E-state index contributed by atoms with van der Waals surface area (Å²) in [5, 5.41) is 13.1. The van der Waals surface area contributed by atoms with Crippen LogP contribution in [0.2, 0.25) is 0 Å². The zero-order chi connectivity index (χ0) is 19.2. The summed E-state index contributed by atoms with van der Waals surface area (Å²) in [6.45, 7) is 4.31. The van der Waals surface area contributed by atoms with Crippen molar-refractivity contribution >= 4 is 28.0 Å². The van der Waals surface area contributed by atoms with Gasteiger partial charge in [0.15, 0.2) is 0 Å². The number of nitrogens with one attached hydrogen (secondary N) is 1. The van der Waals surface area contributed by atoms with Crippen molar-refractivity contribution in [3.05, 3.63) is 53.7 Å². The van der Waals surface area contributed by atoms with Gasteiger partial charge in [-0.3, -0.25) is 5.43 Å². The molecule has 1 aromatic carbocycles. The summed E-state index contributed by atoms with van der Waals surface area (Å²) < 4.78 is 26.1. The van der Waals surface area contributed by atoms with Crippen LogP contribution < -0.4 is 5.43 Å². The van der Waals surface area contributed by atoms with E-state index in [0.29, 0.717) is 24.5 Å². The fourth-order valence-electron chi connectivity index (χ4n) is 2.28. The highest BCUT2D eigenvalue weighted by Gasteiger charge is 2.21. The maximum Gasteiger partial charge on any atom is 0.336 e. The van der Waals surface area contributed by atoms with Crippen LogP contribution in [-0.4, -0.2) is 48.1 Å². The van der Waals surface area contributed by atoms with Crippen molar-refractivity contribution in [3.8, 4) is 0 Å². The molecule has 0 atom stereocenters. The second-order valence-corrected chi connectivity index (χ2v) is 7.17. The van der Waals surface area contributed by atoms with E-state index in [1.807, 2.05) is 0 Å². The number of rotatable bonds is 8. The van der Waals surface area contributed by atoms with Crippen LogP contribution in [0.15, 0.2) is 52.6 Å². The van der Waals surface area contributed by atoms with E-state index < -0.39 is 16.0 Å². The zero-order valence-corrected chi connectivity index (χ0v) is 15.3. The smallest absolute Gasteiger partial charge is 0.336 e. The van der Waals surface area contributed by atoms with E-state index in [4.69, 9.17) is 5.11 Å². The summed E-state index contributed by atoms with van der Waals surface area (Å²) in [6.07, 6.45) is 2.63. The van der Waals surface area contributed by atoms with Crippen LogP contribution in [0, 0.1) is 0 Å². The number of carbonyl (C=O) groups is 1. The largest absolute Gasteiger partial charge is 0.478 e. The van der Waals surface area contributed by atoms with Crippen molar-refractivity contribution in [2.24, 2.45) is 5.10 Å². The van der Waals surface area contributed by atoms with Gasteiger partial charge in [-0.25, -0.2) is 18.2 Å². The number of anilines is 1. The third kappa shape index (κ3) is 4.44. The molecule has 2 aromatic rings. The summed E-state index contributed by atoms with van der Waals surface area (Å²) in [5.74, 6) is -0.705. The molecule has 0 spiro atoms. The second kappa shape index (κ2) is 8.54. The van der Waals surface area contributed by atoms with Crippen LogP contribution >= 0.6 is 0 Å². The van der Waals surface area contributed by atoms with Crippen molar-refractivity contribution in [2.45, 2.75) is 18.7 Å². The minimum absolute atomic E-state index is 0.104. The molecular weight excluding hydrogens is 356 g/mol. The number of nitrogens with zero attached hydrogens (tertiary/aromatic N) is 3. The lowest BCUT2D eigenvalue weighted by molar-refractivity contribution is 0.0696. The third-order valence-corrected chi connectivity index (χ3v) is 5.69. The average Bonchev–Trinajstić information content (AvgIpc) is 2.63. The van der Waals surface area contributed by atoms with Gasteiger partial charge in [0.25, 0.3) is 0 Å². The number of hydrogen-bond acceptors (Lipinski definition) is 6. The Morgan fingerprint density at radius 3 is 2.50 bits per heavy atom. The molecule has 0 saturated carbocycles.